The third-order valence-corrected chi connectivity index (χ3v) is 4.45. The zero-order valence-corrected chi connectivity index (χ0v) is 16.3. The standard InChI is InChI=1S/C18H16Cl2N2O5/c1-23-13-7-10(8-14(24-2)17(13)25-3)18-22-21-15(27-18)9-26-12-6-4-5-11(19)16(12)20/h4-8H,9H2,1-3H3. The molecule has 0 radical (unpaired) electrons. The summed E-state index contributed by atoms with van der Waals surface area (Å²) in [5.41, 5.74) is 0.615. The first-order valence-corrected chi connectivity index (χ1v) is 8.52. The summed E-state index contributed by atoms with van der Waals surface area (Å²) in [5, 5.41) is 8.74. The summed E-state index contributed by atoms with van der Waals surface area (Å²) in [6.45, 7) is 0.0392. The first-order valence-electron chi connectivity index (χ1n) is 7.77. The molecule has 0 aliphatic rings. The van der Waals surface area contributed by atoms with Gasteiger partial charge in [-0.15, -0.1) is 10.2 Å². The quantitative estimate of drug-likeness (QED) is 0.560. The van der Waals surface area contributed by atoms with Crippen LogP contribution in [0.2, 0.25) is 10.0 Å². The van der Waals surface area contributed by atoms with Gasteiger partial charge in [0.15, 0.2) is 18.1 Å². The van der Waals surface area contributed by atoms with Gasteiger partial charge in [0, 0.05) is 5.56 Å². The molecule has 0 saturated carbocycles. The van der Waals surface area contributed by atoms with Crippen LogP contribution in [0, 0.1) is 0 Å². The monoisotopic (exact) mass is 410 g/mol. The van der Waals surface area contributed by atoms with Gasteiger partial charge < -0.3 is 23.4 Å². The molecule has 0 aliphatic heterocycles. The summed E-state index contributed by atoms with van der Waals surface area (Å²) >= 11 is 12.1. The lowest BCUT2D eigenvalue weighted by Gasteiger charge is -2.12. The van der Waals surface area contributed by atoms with Crippen LogP contribution in [0.25, 0.3) is 11.5 Å². The molecule has 0 saturated heterocycles. The van der Waals surface area contributed by atoms with Crippen LogP contribution in [-0.2, 0) is 6.61 Å². The van der Waals surface area contributed by atoms with Crippen LogP contribution >= 0.6 is 23.2 Å². The number of rotatable bonds is 7. The molecule has 142 valence electrons. The molecule has 0 unspecified atom stereocenters. The van der Waals surface area contributed by atoms with E-state index in [0.717, 1.165) is 0 Å². The van der Waals surface area contributed by atoms with Gasteiger partial charge in [0.05, 0.1) is 26.4 Å². The molecule has 0 bridgehead atoms. The maximum absolute atomic E-state index is 6.09. The molecule has 2 aromatic carbocycles. The highest BCUT2D eigenvalue weighted by Gasteiger charge is 2.18. The molecular weight excluding hydrogens is 395 g/mol. The van der Waals surface area contributed by atoms with Crippen molar-refractivity contribution in [3.8, 4) is 34.5 Å². The Kier molecular flexibility index (Phi) is 5.93. The van der Waals surface area contributed by atoms with Crippen LogP contribution in [0.15, 0.2) is 34.7 Å². The van der Waals surface area contributed by atoms with E-state index in [4.69, 9.17) is 46.6 Å². The molecule has 1 aromatic heterocycles. The number of benzene rings is 2. The number of nitrogens with zero attached hydrogens (tertiary/aromatic N) is 2. The van der Waals surface area contributed by atoms with Crippen LogP contribution in [0.3, 0.4) is 0 Å². The van der Waals surface area contributed by atoms with Crippen LogP contribution in [-0.4, -0.2) is 31.5 Å². The Morgan fingerprint density at radius 1 is 0.926 bits per heavy atom. The van der Waals surface area contributed by atoms with Crippen molar-refractivity contribution in [2.24, 2.45) is 0 Å². The van der Waals surface area contributed by atoms with Gasteiger partial charge in [-0.3, -0.25) is 0 Å². The lowest BCUT2D eigenvalue weighted by molar-refractivity contribution is 0.264. The molecule has 0 fully saturated rings. The Labute approximate surface area is 165 Å². The van der Waals surface area contributed by atoms with Crippen molar-refractivity contribution in [3.63, 3.8) is 0 Å². The van der Waals surface area contributed by atoms with Crippen molar-refractivity contribution in [3.05, 3.63) is 46.3 Å². The predicted octanol–water partition coefficient (Wildman–Crippen LogP) is 4.65. The van der Waals surface area contributed by atoms with Crippen LogP contribution in [0.1, 0.15) is 5.89 Å². The van der Waals surface area contributed by atoms with Crippen LogP contribution < -0.4 is 18.9 Å². The number of aromatic nitrogens is 2. The SMILES string of the molecule is COc1cc(-c2nnc(COc3cccc(Cl)c3Cl)o2)cc(OC)c1OC. The second-order valence-corrected chi connectivity index (χ2v) is 6.04. The number of halogens is 2. The minimum atomic E-state index is 0.0392. The summed E-state index contributed by atoms with van der Waals surface area (Å²) in [4.78, 5) is 0. The molecule has 9 heteroatoms. The van der Waals surface area contributed by atoms with Gasteiger partial charge in [0.1, 0.15) is 10.8 Å². The van der Waals surface area contributed by atoms with Crippen LogP contribution in [0.4, 0.5) is 0 Å². The Hall–Kier alpha value is -2.64. The van der Waals surface area contributed by atoms with Gasteiger partial charge in [-0.25, -0.2) is 0 Å². The molecule has 0 atom stereocenters. The van der Waals surface area contributed by atoms with Gasteiger partial charge in [-0.1, -0.05) is 29.3 Å². The largest absolute Gasteiger partial charge is 0.493 e. The molecule has 27 heavy (non-hydrogen) atoms. The maximum atomic E-state index is 6.09. The van der Waals surface area contributed by atoms with E-state index in [1.165, 1.54) is 21.3 Å². The second-order valence-electron chi connectivity index (χ2n) is 5.26. The third kappa shape index (κ3) is 4.04. The summed E-state index contributed by atoms with van der Waals surface area (Å²) in [7, 11) is 4.59. The van der Waals surface area contributed by atoms with Gasteiger partial charge >= 0.3 is 0 Å². The van der Waals surface area contributed by atoms with Crippen molar-refractivity contribution in [2.75, 3.05) is 21.3 Å². The lowest BCUT2D eigenvalue weighted by atomic mass is 10.2. The highest BCUT2D eigenvalue weighted by molar-refractivity contribution is 6.42. The first kappa shape index (κ1) is 19.1. The second kappa shape index (κ2) is 8.37. The highest BCUT2D eigenvalue weighted by atomic mass is 35.5. The van der Waals surface area contributed by atoms with Gasteiger partial charge in [0.2, 0.25) is 11.6 Å². The van der Waals surface area contributed by atoms with E-state index >= 15 is 0 Å². The fraction of sp³-hybridized carbons (Fsp3) is 0.222. The van der Waals surface area contributed by atoms with Crippen LogP contribution in [0.5, 0.6) is 23.0 Å². The van der Waals surface area contributed by atoms with Crippen molar-refractivity contribution in [2.45, 2.75) is 6.61 Å². The molecule has 0 aliphatic carbocycles. The smallest absolute Gasteiger partial charge is 0.254 e. The van der Waals surface area contributed by atoms with E-state index < -0.39 is 0 Å². The zero-order chi connectivity index (χ0) is 19.4. The van der Waals surface area contributed by atoms with E-state index in [9.17, 15) is 0 Å². The minimum absolute atomic E-state index is 0.0392. The van der Waals surface area contributed by atoms with Crippen molar-refractivity contribution in [1.29, 1.82) is 0 Å². The van der Waals surface area contributed by atoms with E-state index in [1.807, 2.05) is 0 Å². The topological polar surface area (TPSA) is 75.8 Å². The molecule has 7 nitrogen and oxygen atoms in total. The fourth-order valence-corrected chi connectivity index (χ4v) is 2.71. The third-order valence-electron chi connectivity index (χ3n) is 3.65. The number of hydrogen-bond acceptors (Lipinski definition) is 7. The Morgan fingerprint density at radius 2 is 1.63 bits per heavy atom. The average Bonchev–Trinajstić information content (AvgIpc) is 3.17. The number of hydrogen-bond donors (Lipinski definition) is 0. The minimum Gasteiger partial charge on any atom is -0.493 e. The molecule has 3 aromatic rings. The number of ether oxygens (including phenoxy) is 4. The van der Waals surface area contributed by atoms with E-state index in [1.54, 1.807) is 30.3 Å². The van der Waals surface area contributed by atoms with E-state index in [2.05, 4.69) is 10.2 Å². The maximum Gasteiger partial charge on any atom is 0.254 e. The van der Waals surface area contributed by atoms with E-state index in [-0.39, 0.29) is 18.4 Å². The van der Waals surface area contributed by atoms with Gasteiger partial charge in [-0.2, -0.15) is 0 Å². The summed E-state index contributed by atoms with van der Waals surface area (Å²) in [6, 6.07) is 8.54. The summed E-state index contributed by atoms with van der Waals surface area (Å²) in [5.74, 6) is 2.42. The van der Waals surface area contributed by atoms with Crippen molar-refractivity contribution >= 4 is 23.2 Å². The molecule has 0 amide bonds. The highest BCUT2D eigenvalue weighted by Crippen LogP contribution is 2.41. The Bertz CT molecular complexity index is 920. The van der Waals surface area contributed by atoms with Crippen molar-refractivity contribution in [1.82, 2.24) is 10.2 Å². The molecule has 0 spiro atoms. The summed E-state index contributed by atoms with van der Waals surface area (Å²) in [6.07, 6.45) is 0. The van der Waals surface area contributed by atoms with Crippen molar-refractivity contribution < 1.29 is 23.4 Å². The molecule has 3 rings (SSSR count). The Morgan fingerprint density at radius 3 is 2.26 bits per heavy atom. The average molecular weight is 411 g/mol. The first-order chi connectivity index (χ1) is 13.1. The molecule has 1 heterocycles. The zero-order valence-electron chi connectivity index (χ0n) is 14.8. The van der Waals surface area contributed by atoms with E-state index in [0.29, 0.717) is 38.6 Å². The predicted molar refractivity (Wildman–Crippen MR) is 100 cm³/mol. The molecule has 0 N–H and O–H groups in total. The normalized spacial score (nSPS) is 10.6. The molecular formula is C18H16Cl2N2O5. The summed E-state index contributed by atoms with van der Waals surface area (Å²) < 4.78 is 27.2. The number of methoxy groups -OCH3 is 3. The van der Waals surface area contributed by atoms with Gasteiger partial charge in [-0.05, 0) is 24.3 Å². The lowest BCUT2D eigenvalue weighted by Crippen LogP contribution is -1.96. The van der Waals surface area contributed by atoms with Gasteiger partial charge in [0.25, 0.3) is 5.89 Å². The fourth-order valence-electron chi connectivity index (χ4n) is 2.37. The Balaban J connectivity index is 1.82.